The van der Waals surface area contributed by atoms with E-state index in [9.17, 15) is 4.79 Å². The summed E-state index contributed by atoms with van der Waals surface area (Å²) in [6.07, 6.45) is 4.20. The molecule has 5 rings (SSSR count). The molecule has 0 radical (unpaired) electrons. The fraction of sp³-hybridized carbons (Fsp3) is 0.269. The molecule has 1 amide bonds. The normalized spacial score (nSPS) is 16.2. The number of amides is 1. The van der Waals surface area contributed by atoms with Crippen LogP contribution in [-0.2, 0) is 11.2 Å². The number of fused-ring (bicyclic) bond motifs is 2. The Bertz CT molecular complexity index is 1260. The molecule has 2 aromatic carbocycles. The van der Waals surface area contributed by atoms with Crippen LogP contribution in [0.4, 0.5) is 11.4 Å². The van der Waals surface area contributed by atoms with Crippen molar-refractivity contribution in [1.82, 2.24) is 15.2 Å². The van der Waals surface area contributed by atoms with E-state index in [1.54, 1.807) is 12.4 Å². The third kappa shape index (κ3) is 3.84. The minimum absolute atomic E-state index is 0.0170. The molecule has 1 aliphatic heterocycles. The van der Waals surface area contributed by atoms with Gasteiger partial charge in [0, 0.05) is 36.3 Å². The molecular formula is C26H27N5O. The summed E-state index contributed by atoms with van der Waals surface area (Å²) in [6.45, 7) is 7.38. The summed E-state index contributed by atoms with van der Waals surface area (Å²) in [5.41, 5.74) is 5.81. The fourth-order valence-corrected chi connectivity index (χ4v) is 4.39. The highest BCUT2D eigenvalue weighted by Crippen LogP contribution is 2.40. The van der Waals surface area contributed by atoms with Gasteiger partial charge in [-0.25, -0.2) is 0 Å². The Kier molecular flexibility index (Phi) is 4.93. The van der Waals surface area contributed by atoms with Gasteiger partial charge >= 0.3 is 0 Å². The van der Waals surface area contributed by atoms with Gasteiger partial charge in [0.25, 0.3) is 0 Å². The lowest BCUT2D eigenvalue weighted by molar-refractivity contribution is -0.117. The number of rotatable bonds is 4. The first-order valence-corrected chi connectivity index (χ1v) is 10.9. The molecule has 0 saturated carbocycles. The topological polar surface area (TPSA) is 73.9 Å². The van der Waals surface area contributed by atoms with Gasteiger partial charge in [0.1, 0.15) is 11.7 Å². The molecule has 32 heavy (non-hydrogen) atoms. The summed E-state index contributed by atoms with van der Waals surface area (Å²) in [6, 6.07) is 18.0. The largest absolute Gasteiger partial charge is 0.357 e. The maximum absolute atomic E-state index is 13.2. The van der Waals surface area contributed by atoms with Crippen molar-refractivity contribution in [3.05, 3.63) is 72.6 Å². The van der Waals surface area contributed by atoms with Gasteiger partial charge in [-0.05, 0) is 35.2 Å². The Labute approximate surface area is 187 Å². The van der Waals surface area contributed by atoms with Gasteiger partial charge in [-0.2, -0.15) is 5.10 Å². The number of carbonyl (C=O) groups is 1. The summed E-state index contributed by atoms with van der Waals surface area (Å²) < 4.78 is 0. The van der Waals surface area contributed by atoms with Crippen molar-refractivity contribution in [2.45, 2.75) is 33.2 Å². The van der Waals surface area contributed by atoms with Crippen molar-refractivity contribution in [1.29, 1.82) is 0 Å². The van der Waals surface area contributed by atoms with Crippen LogP contribution in [0, 0.1) is 5.41 Å². The lowest BCUT2D eigenvalue weighted by atomic mass is 9.91. The fourth-order valence-electron chi connectivity index (χ4n) is 4.39. The molecule has 4 aromatic rings. The van der Waals surface area contributed by atoms with Crippen LogP contribution in [0.3, 0.4) is 0 Å². The minimum atomic E-state index is -0.280. The molecule has 162 valence electrons. The maximum Gasteiger partial charge on any atom is 0.247 e. The maximum atomic E-state index is 13.2. The van der Waals surface area contributed by atoms with Gasteiger partial charge in [-0.15, -0.1) is 0 Å². The van der Waals surface area contributed by atoms with Crippen LogP contribution in [0.25, 0.3) is 22.2 Å². The summed E-state index contributed by atoms with van der Waals surface area (Å²) in [7, 11) is 0. The molecule has 0 fully saturated rings. The zero-order chi connectivity index (χ0) is 22.3. The number of hydrogen-bond acceptors (Lipinski definition) is 4. The molecule has 0 bridgehead atoms. The standard InChI is InChI=1S/C26H27N5O/c1-26(2,3)16-31-22-14-19-20(29-30-24(19)18-9-11-27-12-10-18)15-21(22)28-25(32)23(31)13-17-7-5-4-6-8-17/h4-12,14-15,23H,13,16H2,1-3H3,(H,28,32)(H,29,30). The molecule has 2 N–H and O–H groups in total. The number of anilines is 2. The summed E-state index contributed by atoms with van der Waals surface area (Å²) in [4.78, 5) is 19.6. The lowest BCUT2D eigenvalue weighted by Gasteiger charge is -2.41. The monoisotopic (exact) mass is 425 g/mol. The van der Waals surface area contributed by atoms with E-state index < -0.39 is 0 Å². The molecule has 1 aliphatic rings. The van der Waals surface area contributed by atoms with Crippen molar-refractivity contribution in [2.75, 3.05) is 16.8 Å². The van der Waals surface area contributed by atoms with E-state index in [-0.39, 0.29) is 17.4 Å². The van der Waals surface area contributed by atoms with Crippen molar-refractivity contribution in [3.63, 3.8) is 0 Å². The van der Waals surface area contributed by atoms with Crippen LogP contribution in [0.2, 0.25) is 0 Å². The third-order valence-electron chi connectivity index (χ3n) is 5.80. The number of aromatic amines is 1. The molecule has 6 heteroatoms. The number of nitrogens with zero attached hydrogens (tertiary/aromatic N) is 3. The Morgan fingerprint density at radius 3 is 2.50 bits per heavy atom. The number of carbonyl (C=O) groups excluding carboxylic acids is 1. The van der Waals surface area contributed by atoms with Crippen LogP contribution in [0.5, 0.6) is 0 Å². The highest BCUT2D eigenvalue weighted by molar-refractivity contribution is 6.08. The number of pyridine rings is 1. The SMILES string of the molecule is CC(C)(C)CN1c2cc3c(-c4ccncc4)n[nH]c3cc2NC(=O)C1Cc1ccccc1. The van der Waals surface area contributed by atoms with Crippen LogP contribution in [0.1, 0.15) is 26.3 Å². The second-order valence-electron chi connectivity index (χ2n) is 9.61. The number of aromatic nitrogens is 3. The molecular weight excluding hydrogens is 398 g/mol. The molecule has 0 aliphatic carbocycles. The number of nitrogens with one attached hydrogen (secondary N) is 2. The van der Waals surface area contributed by atoms with Gasteiger partial charge in [-0.1, -0.05) is 51.1 Å². The van der Waals surface area contributed by atoms with Gasteiger partial charge in [0.05, 0.1) is 16.9 Å². The number of H-pyrrole nitrogens is 1. The van der Waals surface area contributed by atoms with Gasteiger partial charge in [0.15, 0.2) is 0 Å². The molecule has 0 spiro atoms. The average Bonchev–Trinajstić information content (AvgIpc) is 3.18. The molecule has 0 saturated heterocycles. The Balaban J connectivity index is 1.63. The smallest absolute Gasteiger partial charge is 0.247 e. The van der Waals surface area contributed by atoms with Crippen molar-refractivity contribution < 1.29 is 4.79 Å². The van der Waals surface area contributed by atoms with Crippen molar-refractivity contribution in [2.24, 2.45) is 5.41 Å². The number of hydrogen-bond donors (Lipinski definition) is 2. The average molecular weight is 426 g/mol. The predicted octanol–water partition coefficient (Wildman–Crippen LogP) is 5.04. The first-order valence-electron chi connectivity index (χ1n) is 10.9. The summed E-state index contributed by atoms with van der Waals surface area (Å²) >= 11 is 0. The highest BCUT2D eigenvalue weighted by atomic mass is 16.2. The van der Waals surface area contributed by atoms with E-state index in [4.69, 9.17) is 0 Å². The first-order chi connectivity index (χ1) is 15.4. The van der Waals surface area contributed by atoms with Gasteiger partial charge in [-0.3, -0.25) is 14.9 Å². The van der Waals surface area contributed by atoms with E-state index >= 15 is 0 Å². The number of benzene rings is 2. The van der Waals surface area contributed by atoms with Crippen LogP contribution in [-0.4, -0.2) is 33.7 Å². The van der Waals surface area contributed by atoms with E-state index in [0.29, 0.717) is 6.42 Å². The zero-order valence-electron chi connectivity index (χ0n) is 18.6. The van der Waals surface area contributed by atoms with Gasteiger partial charge < -0.3 is 10.2 Å². The summed E-state index contributed by atoms with van der Waals surface area (Å²) in [5, 5.41) is 11.9. The van der Waals surface area contributed by atoms with E-state index in [0.717, 1.165) is 45.6 Å². The molecule has 1 atom stereocenters. The van der Waals surface area contributed by atoms with E-state index in [1.807, 2.05) is 36.4 Å². The lowest BCUT2D eigenvalue weighted by Crippen LogP contribution is -2.52. The van der Waals surface area contributed by atoms with Crippen LogP contribution in [0.15, 0.2) is 67.0 Å². The van der Waals surface area contributed by atoms with Gasteiger partial charge in [0.2, 0.25) is 5.91 Å². The van der Waals surface area contributed by atoms with E-state index in [2.05, 4.69) is 64.4 Å². The minimum Gasteiger partial charge on any atom is -0.357 e. The molecule has 3 heterocycles. The second kappa shape index (κ2) is 7.79. The summed E-state index contributed by atoms with van der Waals surface area (Å²) in [5.74, 6) is 0.0267. The molecule has 1 unspecified atom stereocenters. The predicted molar refractivity (Wildman–Crippen MR) is 129 cm³/mol. The molecule has 2 aromatic heterocycles. The molecule has 6 nitrogen and oxygen atoms in total. The Morgan fingerprint density at radius 1 is 1.03 bits per heavy atom. The Hall–Kier alpha value is -3.67. The van der Waals surface area contributed by atoms with Crippen LogP contribution >= 0.6 is 0 Å². The van der Waals surface area contributed by atoms with Crippen molar-refractivity contribution in [3.8, 4) is 11.3 Å². The first kappa shape index (κ1) is 20.2. The third-order valence-corrected chi connectivity index (χ3v) is 5.80. The zero-order valence-corrected chi connectivity index (χ0v) is 18.6. The Morgan fingerprint density at radius 2 is 1.78 bits per heavy atom. The second-order valence-corrected chi connectivity index (χ2v) is 9.61. The van der Waals surface area contributed by atoms with Crippen molar-refractivity contribution >= 4 is 28.2 Å². The quantitative estimate of drug-likeness (QED) is 0.480. The van der Waals surface area contributed by atoms with Crippen LogP contribution < -0.4 is 10.2 Å². The van der Waals surface area contributed by atoms with E-state index in [1.165, 1.54) is 0 Å². The highest BCUT2D eigenvalue weighted by Gasteiger charge is 2.35.